The van der Waals surface area contributed by atoms with E-state index in [0.29, 0.717) is 0 Å². The second kappa shape index (κ2) is 7.80. The van der Waals surface area contributed by atoms with Crippen LogP contribution in [0.1, 0.15) is 12.8 Å². The fraction of sp³-hybridized carbons (Fsp3) is 0.316. The van der Waals surface area contributed by atoms with Crippen LogP contribution in [0.25, 0.3) is 17.1 Å². The predicted molar refractivity (Wildman–Crippen MR) is 101 cm³/mol. The molecule has 6 heteroatoms. The number of pyridine rings is 1. The lowest BCUT2D eigenvalue weighted by atomic mass is 10.2. The number of nitrogens with zero attached hydrogens (tertiary/aromatic N) is 5. The monoisotopic (exact) mass is 351 g/mol. The van der Waals surface area contributed by atoms with Crippen LogP contribution in [-0.2, 0) is 0 Å². The van der Waals surface area contributed by atoms with Gasteiger partial charge in [0, 0.05) is 35.9 Å². The quantitative estimate of drug-likeness (QED) is 0.636. The molecule has 0 unspecified atom stereocenters. The van der Waals surface area contributed by atoms with Crippen molar-refractivity contribution in [3.05, 3.63) is 54.9 Å². The van der Waals surface area contributed by atoms with E-state index in [1.54, 1.807) is 24.2 Å². The second-order valence-electron chi connectivity index (χ2n) is 6.11. The summed E-state index contributed by atoms with van der Waals surface area (Å²) in [5.41, 5.74) is 2.11. The first-order chi connectivity index (χ1) is 12.4. The molecule has 0 aliphatic carbocycles. The Morgan fingerprint density at radius 1 is 0.920 bits per heavy atom. The predicted octanol–water partition coefficient (Wildman–Crippen LogP) is 3.52. The zero-order valence-electron chi connectivity index (χ0n) is 14.1. The highest BCUT2D eigenvalue weighted by Crippen LogP contribution is 2.27. The number of aromatic nitrogens is 4. The van der Waals surface area contributed by atoms with Crippen molar-refractivity contribution in [1.82, 2.24) is 24.6 Å². The Labute approximate surface area is 152 Å². The van der Waals surface area contributed by atoms with Gasteiger partial charge >= 0.3 is 0 Å². The number of hydrogen-bond acceptors (Lipinski definition) is 5. The van der Waals surface area contributed by atoms with E-state index in [9.17, 15) is 0 Å². The van der Waals surface area contributed by atoms with Gasteiger partial charge in [-0.3, -0.25) is 9.55 Å². The van der Waals surface area contributed by atoms with Crippen LogP contribution in [-0.4, -0.2) is 50.0 Å². The largest absolute Gasteiger partial charge is 0.303 e. The Balaban J connectivity index is 1.61. The minimum absolute atomic E-state index is 0.859. The molecule has 1 saturated heterocycles. The lowest BCUT2D eigenvalue weighted by molar-refractivity contribution is 0.362. The molecule has 0 bridgehead atoms. The summed E-state index contributed by atoms with van der Waals surface area (Å²) in [6.45, 7) is 3.57. The second-order valence-corrected chi connectivity index (χ2v) is 7.17. The molecule has 3 aromatic rings. The number of para-hydroxylation sites is 1. The summed E-state index contributed by atoms with van der Waals surface area (Å²) < 4.78 is 2.14. The van der Waals surface area contributed by atoms with Gasteiger partial charge in [-0.15, -0.1) is 10.2 Å². The molecule has 128 valence electrons. The van der Waals surface area contributed by atoms with Gasteiger partial charge in [0.25, 0.3) is 0 Å². The number of likely N-dealkylation sites (tertiary alicyclic amines) is 1. The van der Waals surface area contributed by atoms with Crippen molar-refractivity contribution in [2.45, 2.75) is 18.0 Å². The van der Waals surface area contributed by atoms with E-state index in [2.05, 4.69) is 36.8 Å². The highest BCUT2D eigenvalue weighted by Gasteiger charge is 2.17. The third-order valence-electron chi connectivity index (χ3n) is 4.42. The van der Waals surface area contributed by atoms with Gasteiger partial charge in [-0.25, -0.2) is 0 Å². The Bertz CT molecular complexity index is 797. The maximum Gasteiger partial charge on any atom is 0.196 e. The minimum atomic E-state index is 0.859. The summed E-state index contributed by atoms with van der Waals surface area (Å²) in [6.07, 6.45) is 6.24. The molecule has 0 N–H and O–H groups in total. The average Bonchev–Trinajstić information content (AvgIpc) is 3.33. The van der Waals surface area contributed by atoms with E-state index in [1.807, 2.05) is 30.3 Å². The van der Waals surface area contributed by atoms with Gasteiger partial charge in [-0.1, -0.05) is 30.0 Å². The van der Waals surface area contributed by atoms with Crippen LogP contribution in [0.3, 0.4) is 0 Å². The van der Waals surface area contributed by atoms with Crippen molar-refractivity contribution in [3.8, 4) is 17.1 Å². The van der Waals surface area contributed by atoms with Crippen LogP contribution in [0, 0.1) is 0 Å². The molecule has 5 nitrogen and oxygen atoms in total. The molecular weight excluding hydrogens is 330 g/mol. The Kier molecular flexibility index (Phi) is 5.09. The SMILES string of the molecule is c1ccc(-n2c(SCCN3CCCC3)nnc2-c2ccncc2)cc1. The molecule has 0 radical (unpaired) electrons. The Morgan fingerprint density at radius 2 is 1.68 bits per heavy atom. The fourth-order valence-electron chi connectivity index (χ4n) is 3.13. The van der Waals surface area contributed by atoms with Crippen molar-refractivity contribution in [2.75, 3.05) is 25.4 Å². The van der Waals surface area contributed by atoms with Gasteiger partial charge < -0.3 is 4.90 Å². The molecule has 1 aliphatic rings. The van der Waals surface area contributed by atoms with E-state index in [4.69, 9.17) is 0 Å². The summed E-state index contributed by atoms with van der Waals surface area (Å²) in [5.74, 6) is 1.89. The van der Waals surface area contributed by atoms with E-state index >= 15 is 0 Å². The molecule has 2 aromatic heterocycles. The van der Waals surface area contributed by atoms with Gasteiger partial charge in [0.1, 0.15) is 0 Å². The summed E-state index contributed by atoms with van der Waals surface area (Å²) in [5, 5.41) is 9.88. The van der Waals surface area contributed by atoms with Crippen molar-refractivity contribution in [3.63, 3.8) is 0 Å². The van der Waals surface area contributed by atoms with E-state index in [-0.39, 0.29) is 0 Å². The number of hydrogen-bond donors (Lipinski definition) is 0. The highest BCUT2D eigenvalue weighted by atomic mass is 32.2. The van der Waals surface area contributed by atoms with E-state index in [0.717, 1.165) is 34.5 Å². The Morgan fingerprint density at radius 3 is 2.44 bits per heavy atom. The van der Waals surface area contributed by atoms with Gasteiger partial charge in [-0.2, -0.15) is 0 Å². The van der Waals surface area contributed by atoms with Crippen LogP contribution in [0.4, 0.5) is 0 Å². The van der Waals surface area contributed by atoms with Crippen molar-refractivity contribution in [2.24, 2.45) is 0 Å². The smallest absolute Gasteiger partial charge is 0.196 e. The highest BCUT2D eigenvalue weighted by molar-refractivity contribution is 7.99. The lowest BCUT2D eigenvalue weighted by Gasteiger charge is -2.14. The first-order valence-corrected chi connectivity index (χ1v) is 9.67. The molecule has 25 heavy (non-hydrogen) atoms. The Hall–Kier alpha value is -2.18. The van der Waals surface area contributed by atoms with Gasteiger partial charge in [0.05, 0.1) is 0 Å². The number of rotatable bonds is 6. The third kappa shape index (κ3) is 3.75. The van der Waals surface area contributed by atoms with Gasteiger partial charge in [0.2, 0.25) is 0 Å². The molecule has 1 aliphatic heterocycles. The van der Waals surface area contributed by atoms with Crippen LogP contribution in [0.5, 0.6) is 0 Å². The maximum absolute atomic E-state index is 4.47. The summed E-state index contributed by atoms with van der Waals surface area (Å²) >= 11 is 1.78. The molecule has 3 heterocycles. The van der Waals surface area contributed by atoms with Gasteiger partial charge in [0.15, 0.2) is 11.0 Å². The van der Waals surface area contributed by atoms with Crippen molar-refractivity contribution >= 4 is 11.8 Å². The van der Waals surface area contributed by atoms with E-state index < -0.39 is 0 Å². The van der Waals surface area contributed by atoms with Crippen LogP contribution in [0.2, 0.25) is 0 Å². The molecule has 0 spiro atoms. The zero-order valence-corrected chi connectivity index (χ0v) is 14.9. The first-order valence-electron chi connectivity index (χ1n) is 8.68. The summed E-state index contributed by atoms with van der Waals surface area (Å²) in [4.78, 5) is 6.63. The van der Waals surface area contributed by atoms with Crippen LogP contribution < -0.4 is 0 Å². The third-order valence-corrected chi connectivity index (χ3v) is 5.33. The molecule has 1 aromatic carbocycles. The first kappa shape index (κ1) is 16.3. The van der Waals surface area contributed by atoms with Crippen molar-refractivity contribution in [1.29, 1.82) is 0 Å². The topological polar surface area (TPSA) is 46.8 Å². The summed E-state index contributed by atoms with van der Waals surface area (Å²) in [6, 6.07) is 14.3. The van der Waals surface area contributed by atoms with Crippen molar-refractivity contribution < 1.29 is 0 Å². The number of benzene rings is 1. The molecule has 4 rings (SSSR count). The molecule has 0 amide bonds. The average molecular weight is 351 g/mol. The minimum Gasteiger partial charge on any atom is -0.303 e. The molecule has 0 saturated carbocycles. The van der Waals surface area contributed by atoms with Gasteiger partial charge in [-0.05, 0) is 50.2 Å². The standard InChI is InChI=1S/C19H21N5S/c1-2-6-17(7-3-1)24-18(16-8-10-20-11-9-16)21-22-19(24)25-15-14-23-12-4-5-13-23/h1-3,6-11H,4-5,12-15H2. The lowest BCUT2D eigenvalue weighted by Crippen LogP contribution is -2.22. The molecule has 1 fully saturated rings. The van der Waals surface area contributed by atoms with Crippen LogP contribution in [0.15, 0.2) is 60.0 Å². The number of thioether (sulfide) groups is 1. The summed E-state index contributed by atoms with van der Waals surface area (Å²) in [7, 11) is 0. The fourth-order valence-corrected chi connectivity index (χ4v) is 4.09. The zero-order chi connectivity index (χ0) is 16.9. The van der Waals surface area contributed by atoms with E-state index in [1.165, 1.54) is 25.9 Å². The maximum atomic E-state index is 4.47. The van der Waals surface area contributed by atoms with Crippen LogP contribution >= 0.6 is 11.8 Å². The molecular formula is C19H21N5S. The molecule has 0 atom stereocenters. The normalized spacial score (nSPS) is 14.9.